The molecule has 1 fully saturated rings. The first-order valence-corrected chi connectivity index (χ1v) is 7.48. The summed E-state index contributed by atoms with van der Waals surface area (Å²) < 4.78 is 0. The van der Waals surface area contributed by atoms with Crippen LogP contribution in [0.1, 0.15) is 24.1 Å². The van der Waals surface area contributed by atoms with Crippen molar-refractivity contribution in [2.24, 2.45) is 0 Å². The minimum atomic E-state index is 0.430. The van der Waals surface area contributed by atoms with E-state index in [1.807, 2.05) is 14.0 Å². The number of anilines is 2. The van der Waals surface area contributed by atoms with Crippen molar-refractivity contribution in [1.82, 2.24) is 20.3 Å². The van der Waals surface area contributed by atoms with Crippen molar-refractivity contribution in [3.8, 4) is 0 Å². The second kappa shape index (κ2) is 5.81. The lowest BCUT2D eigenvalue weighted by atomic mass is 10.1. The molecular weight excluding hydrogens is 264 g/mol. The van der Waals surface area contributed by atoms with Crippen LogP contribution in [0.3, 0.4) is 0 Å². The van der Waals surface area contributed by atoms with Gasteiger partial charge in [0, 0.05) is 18.8 Å². The molecule has 0 spiro atoms. The Hall–Kier alpha value is -1.95. The number of hydrogen-bond donors (Lipinski definition) is 3. The molecule has 0 unspecified atom stereocenters. The van der Waals surface area contributed by atoms with Crippen molar-refractivity contribution < 1.29 is 0 Å². The highest BCUT2D eigenvalue weighted by Gasteiger charge is 2.16. The van der Waals surface area contributed by atoms with Crippen LogP contribution >= 0.6 is 0 Å². The van der Waals surface area contributed by atoms with Gasteiger partial charge in [-0.2, -0.15) is 9.97 Å². The Kier molecular flexibility index (Phi) is 3.88. The fraction of sp³-hybridized carbons (Fsp3) is 0.533. The number of aromatic nitrogens is 3. The first kappa shape index (κ1) is 14.0. The summed E-state index contributed by atoms with van der Waals surface area (Å²) >= 11 is 0. The topological polar surface area (TPSA) is 74.8 Å². The summed E-state index contributed by atoms with van der Waals surface area (Å²) in [5, 5.41) is 11.0. The number of nitrogens with one attached hydrogen (secondary N) is 3. The molecule has 112 valence electrons. The highest BCUT2D eigenvalue weighted by atomic mass is 15.2. The molecule has 1 aliphatic rings. The van der Waals surface area contributed by atoms with E-state index in [0.717, 1.165) is 54.0 Å². The Morgan fingerprint density at radius 1 is 1.14 bits per heavy atom. The van der Waals surface area contributed by atoms with Crippen LogP contribution in [0.4, 0.5) is 11.8 Å². The summed E-state index contributed by atoms with van der Waals surface area (Å²) in [7, 11) is 1.88. The van der Waals surface area contributed by atoms with Gasteiger partial charge in [0.25, 0.3) is 0 Å². The van der Waals surface area contributed by atoms with E-state index in [1.54, 1.807) is 0 Å². The molecule has 6 heteroatoms. The molecule has 2 aromatic rings. The van der Waals surface area contributed by atoms with Gasteiger partial charge in [-0.3, -0.25) is 0 Å². The number of rotatable bonds is 3. The monoisotopic (exact) mass is 286 g/mol. The number of aryl methyl sites for hydroxylation is 2. The van der Waals surface area contributed by atoms with E-state index in [0.29, 0.717) is 12.0 Å². The lowest BCUT2D eigenvalue weighted by Crippen LogP contribution is -2.35. The summed E-state index contributed by atoms with van der Waals surface area (Å²) in [6.45, 7) is 6.15. The third-order valence-electron chi connectivity index (χ3n) is 3.90. The van der Waals surface area contributed by atoms with Crippen molar-refractivity contribution >= 4 is 22.8 Å². The molecule has 3 rings (SSSR count). The molecule has 3 heterocycles. The summed E-state index contributed by atoms with van der Waals surface area (Å²) in [5.41, 5.74) is 2.88. The molecule has 6 nitrogen and oxygen atoms in total. The molecule has 2 aromatic heterocycles. The molecule has 0 amide bonds. The van der Waals surface area contributed by atoms with Gasteiger partial charge < -0.3 is 16.0 Å². The quantitative estimate of drug-likeness (QED) is 0.799. The van der Waals surface area contributed by atoms with E-state index in [-0.39, 0.29) is 0 Å². The summed E-state index contributed by atoms with van der Waals surface area (Å²) in [5.74, 6) is 1.50. The van der Waals surface area contributed by atoms with Gasteiger partial charge in [0.1, 0.15) is 5.82 Å². The minimum Gasteiger partial charge on any atom is -0.372 e. The van der Waals surface area contributed by atoms with Crippen LogP contribution in [0.25, 0.3) is 11.0 Å². The number of nitrogens with zero attached hydrogens (tertiary/aromatic N) is 3. The van der Waals surface area contributed by atoms with Crippen molar-refractivity contribution in [2.45, 2.75) is 32.7 Å². The van der Waals surface area contributed by atoms with E-state index < -0.39 is 0 Å². The minimum absolute atomic E-state index is 0.430. The maximum absolute atomic E-state index is 4.61. The van der Waals surface area contributed by atoms with Crippen molar-refractivity contribution in [3.05, 3.63) is 17.3 Å². The third-order valence-corrected chi connectivity index (χ3v) is 3.90. The molecule has 0 radical (unpaired) electrons. The lowest BCUT2D eigenvalue weighted by Gasteiger charge is -2.24. The zero-order valence-electron chi connectivity index (χ0n) is 12.8. The van der Waals surface area contributed by atoms with E-state index in [1.165, 1.54) is 0 Å². The number of pyridine rings is 1. The van der Waals surface area contributed by atoms with Gasteiger partial charge in [0.05, 0.1) is 5.39 Å². The molecule has 1 aliphatic heterocycles. The van der Waals surface area contributed by atoms with Gasteiger partial charge in [0.2, 0.25) is 5.95 Å². The zero-order valence-corrected chi connectivity index (χ0v) is 12.8. The SMILES string of the molecule is CNc1nc(NC2CCNCC2)nc2nc(C)cc(C)c12. The molecular formula is C15H22N6. The van der Waals surface area contributed by atoms with E-state index in [9.17, 15) is 0 Å². The highest BCUT2D eigenvalue weighted by molar-refractivity contribution is 5.90. The summed E-state index contributed by atoms with van der Waals surface area (Å²) in [6, 6.07) is 2.49. The first-order chi connectivity index (χ1) is 10.2. The van der Waals surface area contributed by atoms with Gasteiger partial charge in [-0.1, -0.05) is 0 Å². The van der Waals surface area contributed by atoms with Crippen LogP contribution < -0.4 is 16.0 Å². The van der Waals surface area contributed by atoms with Crippen molar-refractivity contribution in [1.29, 1.82) is 0 Å². The van der Waals surface area contributed by atoms with Crippen molar-refractivity contribution in [2.75, 3.05) is 30.8 Å². The van der Waals surface area contributed by atoms with Gasteiger partial charge in [-0.25, -0.2) is 4.98 Å². The fourth-order valence-corrected chi connectivity index (χ4v) is 2.87. The first-order valence-electron chi connectivity index (χ1n) is 7.48. The van der Waals surface area contributed by atoms with Gasteiger partial charge in [0.15, 0.2) is 5.65 Å². The Morgan fingerprint density at radius 2 is 1.90 bits per heavy atom. The fourth-order valence-electron chi connectivity index (χ4n) is 2.87. The Bertz CT molecular complexity index is 648. The normalized spacial score (nSPS) is 16.1. The number of piperidine rings is 1. The molecule has 21 heavy (non-hydrogen) atoms. The van der Waals surface area contributed by atoms with Gasteiger partial charge >= 0.3 is 0 Å². The van der Waals surface area contributed by atoms with Gasteiger partial charge in [-0.15, -0.1) is 0 Å². The Morgan fingerprint density at radius 3 is 2.62 bits per heavy atom. The van der Waals surface area contributed by atoms with E-state index in [4.69, 9.17) is 0 Å². The molecule has 0 saturated carbocycles. The molecule has 0 atom stereocenters. The summed E-state index contributed by atoms with van der Waals surface area (Å²) in [6.07, 6.45) is 2.19. The van der Waals surface area contributed by atoms with Crippen LogP contribution in [0.2, 0.25) is 0 Å². The molecule has 0 aliphatic carbocycles. The second-order valence-corrected chi connectivity index (χ2v) is 5.59. The third kappa shape index (κ3) is 2.90. The molecule has 0 aromatic carbocycles. The van der Waals surface area contributed by atoms with Crippen LogP contribution in [-0.4, -0.2) is 41.1 Å². The van der Waals surface area contributed by atoms with Crippen LogP contribution in [0, 0.1) is 13.8 Å². The maximum atomic E-state index is 4.61. The molecule has 1 saturated heterocycles. The highest BCUT2D eigenvalue weighted by Crippen LogP contribution is 2.25. The Balaban J connectivity index is 1.99. The lowest BCUT2D eigenvalue weighted by molar-refractivity contribution is 0.477. The predicted octanol–water partition coefficient (Wildman–Crippen LogP) is 1.85. The standard InChI is InChI=1S/C15H22N6/c1-9-8-10(2)18-14-12(9)13(16-3)20-15(21-14)19-11-4-6-17-7-5-11/h8,11,17H,4-7H2,1-3H3,(H2,16,18,19,20,21). The smallest absolute Gasteiger partial charge is 0.226 e. The van der Waals surface area contributed by atoms with Crippen LogP contribution in [-0.2, 0) is 0 Å². The average molecular weight is 286 g/mol. The molecule has 3 N–H and O–H groups in total. The van der Waals surface area contributed by atoms with Crippen LogP contribution in [0.5, 0.6) is 0 Å². The van der Waals surface area contributed by atoms with Crippen LogP contribution in [0.15, 0.2) is 6.07 Å². The van der Waals surface area contributed by atoms with Crippen molar-refractivity contribution in [3.63, 3.8) is 0 Å². The van der Waals surface area contributed by atoms with Gasteiger partial charge in [-0.05, 0) is 51.4 Å². The zero-order chi connectivity index (χ0) is 14.8. The number of fused-ring (bicyclic) bond motifs is 1. The van der Waals surface area contributed by atoms with E-state index in [2.05, 4.69) is 43.9 Å². The van der Waals surface area contributed by atoms with E-state index >= 15 is 0 Å². The predicted molar refractivity (Wildman–Crippen MR) is 85.9 cm³/mol. The second-order valence-electron chi connectivity index (χ2n) is 5.59. The largest absolute Gasteiger partial charge is 0.372 e. The Labute approximate surface area is 124 Å². The number of hydrogen-bond acceptors (Lipinski definition) is 6. The summed E-state index contributed by atoms with van der Waals surface area (Å²) in [4.78, 5) is 13.8. The average Bonchev–Trinajstić information content (AvgIpc) is 2.46. The maximum Gasteiger partial charge on any atom is 0.226 e. The molecule has 0 bridgehead atoms.